The van der Waals surface area contributed by atoms with Gasteiger partial charge in [0.25, 0.3) is 0 Å². The number of ether oxygens (including phenoxy) is 1. The normalized spacial score (nSPS) is 20.3. The number of hydrogen-bond donors (Lipinski definition) is 2. The van der Waals surface area contributed by atoms with Gasteiger partial charge >= 0.3 is 0 Å². The molecule has 1 saturated heterocycles. The van der Waals surface area contributed by atoms with Gasteiger partial charge in [-0.05, 0) is 12.8 Å². The molecule has 94 valence electrons. The van der Waals surface area contributed by atoms with E-state index in [0.29, 0.717) is 5.92 Å². The molecular weight excluding hydrogens is 204 g/mol. The summed E-state index contributed by atoms with van der Waals surface area (Å²) in [6.45, 7) is 11.4. The molecule has 16 heavy (non-hydrogen) atoms. The zero-order chi connectivity index (χ0) is 12.2. The molecule has 0 bridgehead atoms. The maximum absolute atomic E-state index is 11.7. The largest absolute Gasteiger partial charge is 0.380 e. The Balaban J connectivity index is 2.18. The zero-order valence-corrected chi connectivity index (χ0v) is 10.8. The van der Waals surface area contributed by atoms with Crippen molar-refractivity contribution in [1.29, 1.82) is 0 Å². The fraction of sp³-hybridized carbons (Fsp3) is 0.917. The second-order valence-corrected chi connectivity index (χ2v) is 5.55. The fourth-order valence-electron chi connectivity index (χ4n) is 1.50. The third-order valence-electron chi connectivity index (χ3n) is 2.81. The molecule has 1 amide bonds. The lowest BCUT2D eigenvalue weighted by Crippen LogP contribution is -2.52. The third-order valence-corrected chi connectivity index (χ3v) is 2.81. The van der Waals surface area contributed by atoms with Crippen molar-refractivity contribution in [3.05, 3.63) is 0 Å². The van der Waals surface area contributed by atoms with Crippen LogP contribution in [0.4, 0.5) is 0 Å². The summed E-state index contributed by atoms with van der Waals surface area (Å²) >= 11 is 0. The van der Waals surface area contributed by atoms with Crippen molar-refractivity contribution in [3.63, 3.8) is 0 Å². The van der Waals surface area contributed by atoms with Crippen LogP contribution in [-0.4, -0.2) is 38.3 Å². The van der Waals surface area contributed by atoms with E-state index >= 15 is 0 Å². The van der Waals surface area contributed by atoms with E-state index in [-0.39, 0.29) is 17.4 Å². The van der Waals surface area contributed by atoms with Crippen LogP contribution in [0.1, 0.15) is 27.7 Å². The molecular formula is C12H24N2O2. The molecule has 1 aliphatic heterocycles. The molecule has 4 nitrogen and oxygen atoms in total. The Labute approximate surface area is 98.1 Å². The van der Waals surface area contributed by atoms with Crippen LogP contribution in [0.2, 0.25) is 0 Å². The predicted octanol–water partition coefficient (Wildman–Crippen LogP) is 0.773. The summed E-state index contributed by atoms with van der Waals surface area (Å²) in [5, 5.41) is 6.18. The van der Waals surface area contributed by atoms with Crippen LogP contribution in [0.15, 0.2) is 0 Å². The van der Waals surface area contributed by atoms with Crippen LogP contribution in [-0.2, 0) is 9.53 Å². The minimum absolute atomic E-state index is 0.0811. The number of carbonyl (C=O) groups is 1. The van der Waals surface area contributed by atoms with Gasteiger partial charge in [0, 0.05) is 18.5 Å². The summed E-state index contributed by atoms with van der Waals surface area (Å²) in [6.07, 6.45) is 0. The van der Waals surface area contributed by atoms with E-state index in [1.165, 1.54) is 0 Å². The van der Waals surface area contributed by atoms with Gasteiger partial charge < -0.3 is 15.4 Å². The molecule has 4 heteroatoms. The number of rotatable bonds is 6. The highest BCUT2D eigenvalue weighted by atomic mass is 16.5. The summed E-state index contributed by atoms with van der Waals surface area (Å²) in [6, 6.07) is -0.129. The van der Waals surface area contributed by atoms with Crippen molar-refractivity contribution in [2.24, 2.45) is 11.3 Å². The van der Waals surface area contributed by atoms with Gasteiger partial charge in [0.05, 0.1) is 19.3 Å². The molecule has 0 aromatic carbocycles. The molecule has 0 spiro atoms. The molecule has 1 heterocycles. The van der Waals surface area contributed by atoms with Crippen LogP contribution < -0.4 is 10.6 Å². The summed E-state index contributed by atoms with van der Waals surface area (Å²) < 4.78 is 5.17. The van der Waals surface area contributed by atoms with Crippen molar-refractivity contribution < 1.29 is 9.53 Å². The standard InChI is InChI=1S/C12H24N2O2/c1-9(2)5-13-11(15)10(3)14-6-12(4)7-16-8-12/h9-10,14H,5-8H2,1-4H3,(H,13,15). The Morgan fingerprint density at radius 3 is 2.44 bits per heavy atom. The molecule has 0 saturated carbocycles. The van der Waals surface area contributed by atoms with E-state index in [1.54, 1.807) is 0 Å². The van der Waals surface area contributed by atoms with E-state index in [0.717, 1.165) is 26.3 Å². The summed E-state index contributed by atoms with van der Waals surface area (Å²) in [4.78, 5) is 11.7. The minimum Gasteiger partial charge on any atom is -0.380 e. The Morgan fingerprint density at radius 2 is 2.00 bits per heavy atom. The Hall–Kier alpha value is -0.610. The van der Waals surface area contributed by atoms with E-state index in [9.17, 15) is 4.79 Å². The average Bonchev–Trinajstić information content (AvgIpc) is 2.19. The SMILES string of the molecule is CC(C)CNC(=O)C(C)NCC1(C)COC1. The molecule has 1 rings (SSSR count). The van der Waals surface area contributed by atoms with Gasteiger partial charge in [0.15, 0.2) is 0 Å². The van der Waals surface area contributed by atoms with E-state index < -0.39 is 0 Å². The first kappa shape index (κ1) is 13.5. The van der Waals surface area contributed by atoms with Gasteiger partial charge in [-0.2, -0.15) is 0 Å². The van der Waals surface area contributed by atoms with Crippen LogP contribution in [0.25, 0.3) is 0 Å². The number of hydrogen-bond acceptors (Lipinski definition) is 3. The lowest BCUT2D eigenvalue weighted by Gasteiger charge is -2.38. The lowest BCUT2D eigenvalue weighted by atomic mass is 9.88. The molecule has 1 atom stereocenters. The molecule has 1 aliphatic rings. The monoisotopic (exact) mass is 228 g/mol. The predicted molar refractivity (Wildman–Crippen MR) is 64.2 cm³/mol. The van der Waals surface area contributed by atoms with Crippen molar-refractivity contribution in [2.45, 2.75) is 33.7 Å². The maximum atomic E-state index is 11.7. The third kappa shape index (κ3) is 4.10. The number of amides is 1. The first-order valence-corrected chi connectivity index (χ1v) is 6.02. The Kier molecular flexibility index (Phi) is 4.74. The topological polar surface area (TPSA) is 50.4 Å². The van der Waals surface area contributed by atoms with Gasteiger partial charge in [-0.25, -0.2) is 0 Å². The molecule has 0 radical (unpaired) electrons. The van der Waals surface area contributed by atoms with Crippen LogP contribution in [0.5, 0.6) is 0 Å². The van der Waals surface area contributed by atoms with Gasteiger partial charge in [0.1, 0.15) is 0 Å². The van der Waals surface area contributed by atoms with E-state index in [1.807, 2.05) is 6.92 Å². The summed E-state index contributed by atoms with van der Waals surface area (Å²) in [5.41, 5.74) is 0.215. The summed E-state index contributed by atoms with van der Waals surface area (Å²) in [5.74, 6) is 0.575. The summed E-state index contributed by atoms with van der Waals surface area (Å²) in [7, 11) is 0. The van der Waals surface area contributed by atoms with Gasteiger partial charge in [0.2, 0.25) is 5.91 Å². The second-order valence-electron chi connectivity index (χ2n) is 5.55. The molecule has 2 N–H and O–H groups in total. The van der Waals surface area contributed by atoms with Crippen molar-refractivity contribution in [2.75, 3.05) is 26.3 Å². The fourth-order valence-corrected chi connectivity index (χ4v) is 1.50. The molecule has 0 aromatic heterocycles. The lowest BCUT2D eigenvalue weighted by molar-refractivity contribution is -0.124. The maximum Gasteiger partial charge on any atom is 0.236 e. The van der Waals surface area contributed by atoms with E-state index in [2.05, 4.69) is 31.4 Å². The van der Waals surface area contributed by atoms with Gasteiger partial charge in [-0.15, -0.1) is 0 Å². The number of nitrogens with one attached hydrogen (secondary N) is 2. The average molecular weight is 228 g/mol. The Morgan fingerprint density at radius 1 is 1.38 bits per heavy atom. The smallest absolute Gasteiger partial charge is 0.236 e. The van der Waals surface area contributed by atoms with Crippen LogP contribution >= 0.6 is 0 Å². The van der Waals surface area contributed by atoms with Crippen LogP contribution in [0, 0.1) is 11.3 Å². The van der Waals surface area contributed by atoms with Gasteiger partial charge in [-0.1, -0.05) is 20.8 Å². The molecule has 0 aromatic rings. The van der Waals surface area contributed by atoms with Crippen molar-refractivity contribution >= 4 is 5.91 Å². The van der Waals surface area contributed by atoms with E-state index in [4.69, 9.17) is 4.74 Å². The van der Waals surface area contributed by atoms with Crippen molar-refractivity contribution in [3.8, 4) is 0 Å². The van der Waals surface area contributed by atoms with Crippen molar-refractivity contribution in [1.82, 2.24) is 10.6 Å². The second kappa shape index (κ2) is 5.64. The molecule has 1 unspecified atom stereocenters. The molecule has 0 aliphatic carbocycles. The zero-order valence-electron chi connectivity index (χ0n) is 10.8. The highest BCUT2D eigenvalue weighted by Gasteiger charge is 2.33. The highest BCUT2D eigenvalue weighted by molar-refractivity contribution is 5.81. The van der Waals surface area contributed by atoms with Crippen LogP contribution in [0.3, 0.4) is 0 Å². The Bertz CT molecular complexity index is 237. The first-order chi connectivity index (χ1) is 7.43. The number of carbonyl (C=O) groups excluding carboxylic acids is 1. The minimum atomic E-state index is -0.129. The highest BCUT2D eigenvalue weighted by Crippen LogP contribution is 2.25. The quantitative estimate of drug-likeness (QED) is 0.706. The first-order valence-electron chi connectivity index (χ1n) is 6.02. The van der Waals surface area contributed by atoms with Gasteiger partial charge in [-0.3, -0.25) is 4.79 Å². The molecule has 1 fully saturated rings.